The third kappa shape index (κ3) is 6.18. The van der Waals surface area contributed by atoms with Gasteiger partial charge in [-0.2, -0.15) is 5.26 Å². The number of nitrogens with zero attached hydrogens (tertiary/aromatic N) is 5. The van der Waals surface area contributed by atoms with Gasteiger partial charge in [0.1, 0.15) is 5.82 Å². The van der Waals surface area contributed by atoms with E-state index >= 15 is 0 Å². The number of carbonyl (C=O) groups excluding carboxylic acids is 1. The largest absolute Gasteiger partial charge is 0.333 e. The van der Waals surface area contributed by atoms with Crippen LogP contribution in [0.3, 0.4) is 0 Å². The fraction of sp³-hybridized carbons (Fsp3) is 0.214. The van der Waals surface area contributed by atoms with Crippen LogP contribution in [0, 0.1) is 24.1 Å². The molecule has 0 N–H and O–H groups in total. The summed E-state index contributed by atoms with van der Waals surface area (Å²) in [4.78, 5) is 15.0. The Morgan fingerprint density at radius 2 is 1.78 bits per heavy atom. The molecule has 0 aliphatic heterocycles. The molecule has 36 heavy (non-hydrogen) atoms. The molecular weight excluding hydrogens is 473 g/mol. The van der Waals surface area contributed by atoms with Crippen molar-refractivity contribution in [1.82, 2.24) is 19.7 Å². The minimum atomic E-state index is -0.340. The van der Waals surface area contributed by atoms with Crippen LogP contribution < -0.4 is 0 Å². The molecule has 182 valence electrons. The number of hydrogen-bond donors (Lipinski definition) is 0. The molecule has 0 fully saturated rings. The summed E-state index contributed by atoms with van der Waals surface area (Å²) in [6.07, 6.45) is 0. The highest BCUT2D eigenvalue weighted by Gasteiger charge is 2.19. The van der Waals surface area contributed by atoms with Gasteiger partial charge in [-0.1, -0.05) is 59.8 Å². The zero-order chi connectivity index (χ0) is 25.5. The van der Waals surface area contributed by atoms with Crippen LogP contribution in [0.1, 0.15) is 29.2 Å². The molecule has 0 aliphatic rings. The van der Waals surface area contributed by atoms with Crippen LogP contribution >= 0.6 is 11.8 Å². The Bertz CT molecular complexity index is 1390. The number of hydrogen-bond acceptors (Lipinski definition) is 5. The summed E-state index contributed by atoms with van der Waals surface area (Å²) in [7, 11) is 0. The lowest BCUT2D eigenvalue weighted by Gasteiger charge is -2.23. The molecule has 0 bridgehead atoms. The molecule has 0 unspecified atom stereocenters. The first-order valence-electron chi connectivity index (χ1n) is 11.6. The van der Waals surface area contributed by atoms with E-state index in [1.54, 1.807) is 29.2 Å². The highest BCUT2D eigenvalue weighted by atomic mass is 32.2. The van der Waals surface area contributed by atoms with Gasteiger partial charge in [0.25, 0.3) is 0 Å². The highest BCUT2D eigenvalue weighted by Crippen LogP contribution is 2.25. The smallest absolute Gasteiger partial charge is 0.233 e. The minimum Gasteiger partial charge on any atom is -0.333 e. The predicted molar refractivity (Wildman–Crippen MR) is 138 cm³/mol. The molecule has 4 rings (SSSR count). The summed E-state index contributed by atoms with van der Waals surface area (Å²) in [5.41, 5.74) is 4.28. The number of aryl methyl sites for hydroxylation is 1. The molecule has 0 spiro atoms. The van der Waals surface area contributed by atoms with Crippen LogP contribution in [0.25, 0.3) is 11.4 Å². The summed E-state index contributed by atoms with van der Waals surface area (Å²) in [5, 5.41) is 18.5. The van der Waals surface area contributed by atoms with Crippen molar-refractivity contribution in [3.63, 3.8) is 0 Å². The lowest BCUT2D eigenvalue weighted by Crippen LogP contribution is -2.31. The second-order valence-electron chi connectivity index (χ2n) is 8.40. The number of carbonyl (C=O) groups is 1. The number of amides is 1. The average Bonchev–Trinajstić information content (AvgIpc) is 3.30. The minimum absolute atomic E-state index is 0.101. The lowest BCUT2D eigenvalue weighted by atomic mass is 10.1. The Kier molecular flexibility index (Phi) is 8.13. The highest BCUT2D eigenvalue weighted by molar-refractivity contribution is 7.99. The Morgan fingerprint density at radius 3 is 2.47 bits per heavy atom. The van der Waals surface area contributed by atoms with Crippen molar-refractivity contribution >= 4 is 17.7 Å². The lowest BCUT2D eigenvalue weighted by molar-refractivity contribution is -0.129. The molecule has 1 aromatic heterocycles. The second kappa shape index (κ2) is 11.6. The molecule has 8 heteroatoms. The van der Waals surface area contributed by atoms with Crippen molar-refractivity contribution in [2.75, 3.05) is 5.75 Å². The van der Waals surface area contributed by atoms with Crippen LogP contribution in [0.5, 0.6) is 0 Å². The first kappa shape index (κ1) is 25.1. The number of halogens is 1. The van der Waals surface area contributed by atoms with Gasteiger partial charge in [-0.3, -0.25) is 4.79 Å². The summed E-state index contributed by atoms with van der Waals surface area (Å²) in [6.45, 7) is 5.34. The van der Waals surface area contributed by atoms with Gasteiger partial charge in [-0.15, -0.1) is 10.2 Å². The first-order chi connectivity index (χ1) is 17.5. The molecule has 6 nitrogen and oxygen atoms in total. The zero-order valence-corrected chi connectivity index (χ0v) is 21.0. The van der Waals surface area contributed by atoms with Crippen LogP contribution in [0.2, 0.25) is 0 Å². The van der Waals surface area contributed by atoms with Crippen LogP contribution in [-0.4, -0.2) is 31.3 Å². The standard InChI is InChI=1S/C28H26FN5OS/c1-3-34-27(24-8-4-6-20(2)14-24)31-32-28(34)36-19-26(35)33(18-23-7-5-9-25(29)15-23)17-22-12-10-21(16-30)11-13-22/h4-15H,3,17-19H2,1-2H3. The van der Waals surface area contributed by atoms with Gasteiger partial charge in [0.2, 0.25) is 5.91 Å². The molecule has 0 atom stereocenters. The van der Waals surface area contributed by atoms with Crippen molar-refractivity contribution in [3.05, 3.63) is 101 Å². The van der Waals surface area contributed by atoms with Crippen molar-refractivity contribution in [2.45, 2.75) is 38.6 Å². The van der Waals surface area contributed by atoms with E-state index in [1.807, 2.05) is 48.7 Å². The maximum atomic E-state index is 13.8. The fourth-order valence-corrected chi connectivity index (χ4v) is 4.79. The van der Waals surface area contributed by atoms with Gasteiger partial charge >= 0.3 is 0 Å². The van der Waals surface area contributed by atoms with Gasteiger partial charge in [-0.25, -0.2) is 4.39 Å². The van der Waals surface area contributed by atoms with Gasteiger partial charge in [0, 0.05) is 25.2 Å². The van der Waals surface area contributed by atoms with Crippen molar-refractivity contribution < 1.29 is 9.18 Å². The Hall–Kier alpha value is -3.96. The van der Waals surface area contributed by atoms with Crippen LogP contribution in [0.4, 0.5) is 4.39 Å². The number of aromatic nitrogens is 3. The Labute approximate surface area is 214 Å². The second-order valence-corrected chi connectivity index (χ2v) is 9.34. The third-order valence-electron chi connectivity index (χ3n) is 5.71. The van der Waals surface area contributed by atoms with E-state index in [0.717, 1.165) is 22.5 Å². The average molecular weight is 500 g/mol. The van der Waals surface area contributed by atoms with E-state index in [1.165, 1.54) is 23.9 Å². The molecule has 4 aromatic rings. The molecular formula is C28H26FN5OS. The van der Waals surface area contributed by atoms with Gasteiger partial charge in [-0.05, 0) is 55.3 Å². The molecule has 1 heterocycles. The molecule has 1 amide bonds. The monoisotopic (exact) mass is 499 g/mol. The predicted octanol–water partition coefficient (Wildman–Crippen LogP) is 5.61. The van der Waals surface area contributed by atoms with Gasteiger partial charge < -0.3 is 9.47 Å². The Balaban J connectivity index is 1.52. The molecule has 0 saturated heterocycles. The molecule has 0 saturated carbocycles. The number of nitriles is 1. The topological polar surface area (TPSA) is 74.8 Å². The van der Waals surface area contributed by atoms with Crippen LogP contribution in [-0.2, 0) is 24.4 Å². The van der Waals surface area contributed by atoms with Crippen molar-refractivity contribution in [1.29, 1.82) is 5.26 Å². The zero-order valence-electron chi connectivity index (χ0n) is 20.2. The summed E-state index contributed by atoms with van der Waals surface area (Å²) in [6, 6.07) is 23.6. The number of rotatable bonds is 9. The maximum absolute atomic E-state index is 13.8. The quantitative estimate of drug-likeness (QED) is 0.280. The maximum Gasteiger partial charge on any atom is 0.233 e. The molecule has 0 aliphatic carbocycles. The summed E-state index contributed by atoms with van der Waals surface area (Å²) in [5.74, 6) is 0.492. The van der Waals surface area contributed by atoms with E-state index < -0.39 is 0 Å². The van der Waals surface area contributed by atoms with Gasteiger partial charge in [0.15, 0.2) is 11.0 Å². The SMILES string of the molecule is CCn1c(SCC(=O)N(Cc2ccc(C#N)cc2)Cc2cccc(F)c2)nnc1-c1cccc(C)c1. The van der Waals surface area contributed by atoms with E-state index in [0.29, 0.717) is 29.4 Å². The first-order valence-corrected chi connectivity index (χ1v) is 12.6. The van der Waals surface area contributed by atoms with E-state index in [9.17, 15) is 9.18 Å². The third-order valence-corrected chi connectivity index (χ3v) is 6.66. The van der Waals surface area contributed by atoms with Gasteiger partial charge in [0.05, 0.1) is 17.4 Å². The van der Waals surface area contributed by atoms with Crippen LogP contribution in [0.15, 0.2) is 78.0 Å². The number of benzene rings is 3. The number of thioether (sulfide) groups is 1. The Morgan fingerprint density at radius 1 is 1.03 bits per heavy atom. The molecule has 0 radical (unpaired) electrons. The molecule has 3 aromatic carbocycles. The summed E-state index contributed by atoms with van der Waals surface area (Å²) < 4.78 is 15.8. The van der Waals surface area contributed by atoms with Crippen molar-refractivity contribution in [2.24, 2.45) is 0 Å². The fourth-order valence-electron chi connectivity index (χ4n) is 3.89. The van der Waals surface area contributed by atoms with E-state index in [2.05, 4.69) is 22.3 Å². The van der Waals surface area contributed by atoms with Crippen molar-refractivity contribution in [3.8, 4) is 17.5 Å². The van der Waals surface area contributed by atoms with E-state index in [4.69, 9.17) is 5.26 Å². The van der Waals surface area contributed by atoms with E-state index in [-0.39, 0.29) is 24.0 Å². The normalized spacial score (nSPS) is 10.7. The summed E-state index contributed by atoms with van der Waals surface area (Å²) >= 11 is 1.34.